The highest BCUT2D eigenvalue weighted by atomic mass is 35.5. The van der Waals surface area contributed by atoms with Gasteiger partial charge in [0.1, 0.15) is 11.4 Å². The van der Waals surface area contributed by atoms with Crippen LogP contribution in [0.15, 0.2) is 53.2 Å². The molecule has 0 saturated carbocycles. The second kappa shape index (κ2) is 6.50. The van der Waals surface area contributed by atoms with Crippen LogP contribution >= 0.6 is 11.6 Å². The summed E-state index contributed by atoms with van der Waals surface area (Å²) in [6, 6.07) is 12.2. The highest BCUT2D eigenvalue weighted by Crippen LogP contribution is 2.24. The van der Waals surface area contributed by atoms with E-state index < -0.39 is 5.91 Å². The zero-order chi connectivity index (χ0) is 16.2. The number of anilines is 1. The van der Waals surface area contributed by atoms with E-state index in [-0.39, 0.29) is 10.9 Å². The molecule has 116 valence electrons. The number of rotatable bonds is 4. The number of carbonyl (C=O) groups is 1. The van der Waals surface area contributed by atoms with E-state index in [9.17, 15) is 4.79 Å². The minimum atomic E-state index is -0.457. The molecule has 0 fully saturated rings. The lowest BCUT2D eigenvalue weighted by atomic mass is 10.1. The van der Waals surface area contributed by atoms with Gasteiger partial charge in [-0.15, -0.1) is 0 Å². The van der Waals surface area contributed by atoms with Crippen LogP contribution in [0, 0.1) is 0 Å². The Morgan fingerprint density at radius 1 is 1.26 bits per heavy atom. The smallest absolute Gasteiger partial charge is 0.294 e. The van der Waals surface area contributed by atoms with Gasteiger partial charge in [-0.25, -0.2) is 4.98 Å². The van der Waals surface area contributed by atoms with E-state index in [0.29, 0.717) is 17.1 Å². The Morgan fingerprint density at radius 3 is 2.91 bits per heavy atom. The molecule has 0 aliphatic carbocycles. The highest BCUT2D eigenvalue weighted by Gasteiger charge is 2.15. The first-order valence-corrected chi connectivity index (χ1v) is 7.08. The van der Waals surface area contributed by atoms with Gasteiger partial charge in [-0.1, -0.05) is 28.9 Å². The normalized spacial score (nSPS) is 10.3. The molecule has 23 heavy (non-hydrogen) atoms. The average Bonchev–Trinajstić information content (AvgIpc) is 3.07. The predicted octanol–water partition coefficient (Wildman–Crippen LogP) is 3.65. The first-order valence-electron chi connectivity index (χ1n) is 6.70. The van der Waals surface area contributed by atoms with Crippen LogP contribution < -0.4 is 10.1 Å². The van der Waals surface area contributed by atoms with Crippen LogP contribution in [0.3, 0.4) is 0 Å². The number of halogens is 1. The molecule has 0 bridgehead atoms. The molecule has 0 aliphatic rings. The largest absolute Gasteiger partial charge is 0.497 e. The number of carbonyl (C=O) groups excluding carboxylic acids is 1. The maximum absolute atomic E-state index is 12.2. The summed E-state index contributed by atoms with van der Waals surface area (Å²) in [4.78, 5) is 16.1. The summed E-state index contributed by atoms with van der Waals surface area (Å²) in [5, 5.41) is 6.73. The van der Waals surface area contributed by atoms with Crippen molar-refractivity contribution in [3.05, 3.63) is 59.6 Å². The molecule has 3 aromatic rings. The quantitative estimate of drug-likeness (QED) is 0.739. The molecule has 0 radical (unpaired) electrons. The second-order valence-corrected chi connectivity index (χ2v) is 4.96. The van der Waals surface area contributed by atoms with Crippen molar-refractivity contribution >= 4 is 23.2 Å². The Labute approximate surface area is 137 Å². The van der Waals surface area contributed by atoms with Crippen LogP contribution in [0.2, 0.25) is 5.15 Å². The number of amides is 1. The molecule has 6 nitrogen and oxygen atoms in total. The first-order chi connectivity index (χ1) is 11.2. The van der Waals surface area contributed by atoms with E-state index in [1.54, 1.807) is 31.4 Å². The average molecular weight is 330 g/mol. The molecule has 0 aliphatic heterocycles. The van der Waals surface area contributed by atoms with E-state index in [4.69, 9.17) is 20.9 Å². The van der Waals surface area contributed by atoms with Gasteiger partial charge >= 0.3 is 0 Å². The zero-order valence-corrected chi connectivity index (χ0v) is 12.9. The third-order valence-electron chi connectivity index (χ3n) is 3.11. The van der Waals surface area contributed by atoms with Gasteiger partial charge in [0.25, 0.3) is 5.91 Å². The monoisotopic (exact) mass is 329 g/mol. The standard InChI is InChI=1S/C16H12ClN3O3/c1-22-11-5-2-4-10(8-11)13-9-14(23-20-13)16(21)19-12-6-3-7-18-15(12)17/h2-9H,1H3,(H,19,21). The number of ether oxygens (including phenoxy) is 1. The van der Waals surface area contributed by atoms with Gasteiger partial charge in [0, 0.05) is 17.8 Å². The molecular weight excluding hydrogens is 318 g/mol. The molecule has 1 amide bonds. The van der Waals surface area contributed by atoms with Crippen molar-refractivity contribution in [3.63, 3.8) is 0 Å². The van der Waals surface area contributed by atoms with Gasteiger partial charge in [-0.2, -0.15) is 0 Å². The predicted molar refractivity (Wildman–Crippen MR) is 85.7 cm³/mol. The van der Waals surface area contributed by atoms with Crippen molar-refractivity contribution in [1.29, 1.82) is 0 Å². The van der Waals surface area contributed by atoms with Crippen molar-refractivity contribution in [2.75, 3.05) is 12.4 Å². The number of benzene rings is 1. The fraction of sp³-hybridized carbons (Fsp3) is 0.0625. The summed E-state index contributed by atoms with van der Waals surface area (Å²) in [6.07, 6.45) is 1.54. The molecule has 0 unspecified atom stereocenters. The Morgan fingerprint density at radius 2 is 2.13 bits per heavy atom. The summed E-state index contributed by atoms with van der Waals surface area (Å²) >= 11 is 5.90. The third kappa shape index (κ3) is 3.32. The molecule has 0 atom stereocenters. The molecule has 2 heterocycles. The van der Waals surface area contributed by atoms with Crippen LogP contribution in [0.4, 0.5) is 5.69 Å². The van der Waals surface area contributed by atoms with Gasteiger partial charge in [0.05, 0.1) is 12.8 Å². The SMILES string of the molecule is COc1cccc(-c2cc(C(=O)Nc3cccnc3Cl)on2)c1. The highest BCUT2D eigenvalue weighted by molar-refractivity contribution is 6.32. The van der Waals surface area contributed by atoms with Gasteiger partial charge in [0.15, 0.2) is 5.15 Å². The van der Waals surface area contributed by atoms with E-state index in [0.717, 1.165) is 5.56 Å². The van der Waals surface area contributed by atoms with Crippen LogP contribution in [0.25, 0.3) is 11.3 Å². The molecule has 0 spiro atoms. The van der Waals surface area contributed by atoms with Crippen molar-refractivity contribution in [2.45, 2.75) is 0 Å². The number of nitrogens with zero attached hydrogens (tertiary/aromatic N) is 2. The molecule has 7 heteroatoms. The maximum atomic E-state index is 12.2. The molecule has 2 aromatic heterocycles. The fourth-order valence-electron chi connectivity index (χ4n) is 1.96. The Balaban J connectivity index is 1.81. The number of nitrogens with one attached hydrogen (secondary N) is 1. The van der Waals surface area contributed by atoms with E-state index in [1.807, 2.05) is 18.2 Å². The number of hydrogen-bond acceptors (Lipinski definition) is 5. The van der Waals surface area contributed by atoms with Crippen LogP contribution in [0.5, 0.6) is 5.75 Å². The van der Waals surface area contributed by atoms with E-state index in [2.05, 4.69) is 15.5 Å². The second-order valence-electron chi connectivity index (χ2n) is 4.60. The maximum Gasteiger partial charge on any atom is 0.294 e. The number of pyridine rings is 1. The van der Waals surface area contributed by atoms with Crippen LogP contribution in [-0.2, 0) is 0 Å². The van der Waals surface area contributed by atoms with Gasteiger partial charge in [-0.3, -0.25) is 4.79 Å². The molecular formula is C16H12ClN3O3. The van der Waals surface area contributed by atoms with E-state index in [1.165, 1.54) is 6.20 Å². The molecule has 0 saturated heterocycles. The summed E-state index contributed by atoms with van der Waals surface area (Å²) in [7, 11) is 1.58. The third-order valence-corrected chi connectivity index (χ3v) is 3.41. The topological polar surface area (TPSA) is 77.2 Å². The number of methoxy groups -OCH3 is 1. The first kappa shape index (κ1) is 15.1. The van der Waals surface area contributed by atoms with Crippen molar-refractivity contribution in [2.24, 2.45) is 0 Å². The van der Waals surface area contributed by atoms with Crippen LogP contribution in [0.1, 0.15) is 10.6 Å². The summed E-state index contributed by atoms with van der Waals surface area (Å²) in [5.41, 5.74) is 1.72. The molecule has 1 aromatic carbocycles. The van der Waals surface area contributed by atoms with Gasteiger partial charge < -0.3 is 14.6 Å². The number of aromatic nitrogens is 2. The van der Waals surface area contributed by atoms with Crippen molar-refractivity contribution in [3.8, 4) is 17.0 Å². The van der Waals surface area contributed by atoms with Crippen molar-refractivity contribution in [1.82, 2.24) is 10.1 Å². The summed E-state index contributed by atoms with van der Waals surface area (Å²) in [5.74, 6) is 0.308. The Hall–Kier alpha value is -2.86. The molecule has 1 N–H and O–H groups in total. The van der Waals surface area contributed by atoms with Crippen molar-refractivity contribution < 1.29 is 14.1 Å². The lowest BCUT2D eigenvalue weighted by Gasteiger charge is -2.03. The van der Waals surface area contributed by atoms with E-state index >= 15 is 0 Å². The minimum Gasteiger partial charge on any atom is -0.497 e. The zero-order valence-electron chi connectivity index (χ0n) is 12.1. The fourth-order valence-corrected chi connectivity index (χ4v) is 2.13. The number of hydrogen-bond donors (Lipinski definition) is 1. The van der Waals surface area contributed by atoms with Gasteiger partial charge in [-0.05, 0) is 24.3 Å². The Kier molecular flexibility index (Phi) is 4.25. The lowest BCUT2D eigenvalue weighted by Crippen LogP contribution is -2.11. The Bertz CT molecular complexity index is 848. The molecule has 3 rings (SSSR count). The minimum absolute atomic E-state index is 0.0720. The summed E-state index contributed by atoms with van der Waals surface area (Å²) < 4.78 is 10.3. The van der Waals surface area contributed by atoms with Crippen LogP contribution in [-0.4, -0.2) is 23.2 Å². The summed E-state index contributed by atoms with van der Waals surface area (Å²) in [6.45, 7) is 0. The van der Waals surface area contributed by atoms with Gasteiger partial charge in [0.2, 0.25) is 5.76 Å². The lowest BCUT2D eigenvalue weighted by molar-refractivity contribution is 0.0988.